The highest BCUT2D eigenvalue weighted by molar-refractivity contribution is 7.92. The number of methoxy groups -OCH3 is 1. The van der Waals surface area contributed by atoms with Crippen molar-refractivity contribution in [1.29, 1.82) is 0 Å². The molecular formula is C27H35N3O8S. The summed E-state index contributed by atoms with van der Waals surface area (Å²) >= 11 is 0. The highest BCUT2D eigenvalue weighted by Gasteiger charge is 2.39. The first-order valence-corrected chi connectivity index (χ1v) is 13.8. The van der Waals surface area contributed by atoms with E-state index in [4.69, 9.17) is 24.1 Å². The van der Waals surface area contributed by atoms with Gasteiger partial charge in [-0.25, -0.2) is 17.7 Å². The van der Waals surface area contributed by atoms with Crippen LogP contribution in [0.1, 0.15) is 33.5 Å². The Hall–Kier alpha value is -3.45. The standard InChI is InChI=1S/C27H35N3O8S/c1-19(32)37-26-24(38-21-11-9-10-20(18-21)35-5)25(28-23(29-26)14-16-36-17-15-31)30(27(2,3)4)39(33,34)22-12-7-6-8-13-22/h6-13,18-19,31-32H,14-17H2,1-5H3. The Balaban J connectivity index is 2.29. The van der Waals surface area contributed by atoms with Crippen LogP contribution in [0, 0.1) is 0 Å². The highest BCUT2D eigenvalue weighted by Crippen LogP contribution is 2.43. The molecule has 212 valence electrons. The molecule has 3 rings (SSSR count). The number of aliphatic hydroxyl groups is 2. The molecule has 0 saturated heterocycles. The van der Waals surface area contributed by atoms with E-state index in [-0.39, 0.29) is 54.4 Å². The van der Waals surface area contributed by atoms with Gasteiger partial charge in [-0.1, -0.05) is 24.3 Å². The third-order valence-corrected chi connectivity index (χ3v) is 7.26. The summed E-state index contributed by atoms with van der Waals surface area (Å²) in [4.78, 5) is 9.08. The predicted molar refractivity (Wildman–Crippen MR) is 145 cm³/mol. The van der Waals surface area contributed by atoms with Gasteiger partial charge in [0, 0.05) is 18.0 Å². The number of anilines is 1. The molecule has 0 aliphatic heterocycles. The minimum atomic E-state index is -4.17. The fourth-order valence-corrected chi connectivity index (χ4v) is 5.43. The van der Waals surface area contributed by atoms with Crippen molar-refractivity contribution in [1.82, 2.24) is 9.97 Å². The summed E-state index contributed by atoms with van der Waals surface area (Å²) in [7, 11) is -2.66. The van der Waals surface area contributed by atoms with Crippen molar-refractivity contribution in [3.8, 4) is 23.1 Å². The van der Waals surface area contributed by atoms with Crippen LogP contribution in [-0.2, 0) is 21.2 Å². The summed E-state index contributed by atoms with van der Waals surface area (Å²) in [6, 6.07) is 14.7. The summed E-state index contributed by atoms with van der Waals surface area (Å²) in [5, 5.41) is 19.1. The van der Waals surface area contributed by atoms with Crippen molar-refractivity contribution in [2.24, 2.45) is 0 Å². The Morgan fingerprint density at radius 2 is 1.69 bits per heavy atom. The number of aromatic nitrogens is 2. The van der Waals surface area contributed by atoms with Crippen LogP contribution < -0.4 is 18.5 Å². The highest BCUT2D eigenvalue weighted by atomic mass is 32.2. The van der Waals surface area contributed by atoms with Gasteiger partial charge in [0.25, 0.3) is 15.9 Å². The Morgan fingerprint density at radius 1 is 1.00 bits per heavy atom. The summed E-state index contributed by atoms with van der Waals surface area (Å²) in [5.41, 5.74) is -1.03. The molecule has 0 bridgehead atoms. The Bertz CT molecular complexity index is 1330. The molecule has 0 spiro atoms. The zero-order valence-corrected chi connectivity index (χ0v) is 23.5. The van der Waals surface area contributed by atoms with Gasteiger partial charge in [-0.15, -0.1) is 0 Å². The second-order valence-corrected chi connectivity index (χ2v) is 11.2. The molecule has 12 heteroatoms. The average Bonchev–Trinajstić information content (AvgIpc) is 2.88. The van der Waals surface area contributed by atoms with Crippen LogP contribution in [0.25, 0.3) is 0 Å². The molecule has 3 aromatic rings. The molecule has 39 heavy (non-hydrogen) atoms. The number of sulfonamides is 1. The third-order valence-electron chi connectivity index (χ3n) is 5.19. The van der Waals surface area contributed by atoms with E-state index in [0.29, 0.717) is 11.5 Å². The maximum Gasteiger partial charge on any atom is 0.266 e. The van der Waals surface area contributed by atoms with Crippen LogP contribution in [0.2, 0.25) is 0 Å². The van der Waals surface area contributed by atoms with E-state index in [1.54, 1.807) is 63.2 Å². The molecule has 2 aromatic carbocycles. The number of hydrogen-bond donors (Lipinski definition) is 2. The minimum Gasteiger partial charge on any atom is -0.497 e. The van der Waals surface area contributed by atoms with E-state index in [1.165, 1.54) is 26.2 Å². The number of hydrogen-bond acceptors (Lipinski definition) is 10. The van der Waals surface area contributed by atoms with Crippen LogP contribution in [0.15, 0.2) is 59.5 Å². The lowest BCUT2D eigenvalue weighted by Gasteiger charge is -2.36. The van der Waals surface area contributed by atoms with Gasteiger partial charge in [0.05, 0.1) is 31.8 Å². The van der Waals surface area contributed by atoms with E-state index in [9.17, 15) is 13.5 Å². The van der Waals surface area contributed by atoms with Crippen LogP contribution in [0.3, 0.4) is 0 Å². The lowest BCUT2D eigenvalue weighted by atomic mass is 10.1. The first-order chi connectivity index (χ1) is 18.5. The molecule has 0 radical (unpaired) electrons. The predicted octanol–water partition coefficient (Wildman–Crippen LogP) is 3.54. The smallest absolute Gasteiger partial charge is 0.266 e. The van der Waals surface area contributed by atoms with E-state index in [2.05, 4.69) is 9.97 Å². The first kappa shape index (κ1) is 30.1. The van der Waals surface area contributed by atoms with Crippen molar-refractivity contribution in [2.75, 3.05) is 31.2 Å². The molecule has 2 N–H and O–H groups in total. The quantitative estimate of drug-likeness (QED) is 0.235. The van der Waals surface area contributed by atoms with Crippen LogP contribution in [0.4, 0.5) is 5.82 Å². The normalized spacial score (nSPS) is 12.6. The van der Waals surface area contributed by atoms with Crippen LogP contribution in [0.5, 0.6) is 23.1 Å². The second-order valence-electron chi connectivity index (χ2n) is 9.44. The van der Waals surface area contributed by atoms with Gasteiger partial charge in [-0.3, -0.25) is 0 Å². The third kappa shape index (κ3) is 7.79. The van der Waals surface area contributed by atoms with Crippen molar-refractivity contribution in [3.63, 3.8) is 0 Å². The molecule has 0 aliphatic carbocycles. The molecule has 0 amide bonds. The molecule has 1 heterocycles. The molecule has 0 fully saturated rings. The van der Waals surface area contributed by atoms with Gasteiger partial charge < -0.3 is 29.2 Å². The molecule has 1 aromatic heterocycles. The molecule has 1 unspecified atom stereocenters. The Kier molecular flexibility index (Phi) is 10.1. The molecule has 0 saturated carbocycles. The number of ether oxygens (including phenoxy) is 4. The topological polar surface area (TPSA) is 141 Å². The number of aliphatic hydroxyl groups excluding tert-OH is 2. The average molecular weight is 562 g/mol. The van der Waals surface area contributed by atoms with Gasteiger partial charge in [0.15, 0.2) is 12.1 Å². The SMILES string of the molecule is COc1cccc(Oc2c(OC(C)O)nc(CCOCCO)nc2N(C(C)(C)C)S(=O)(=O)c2ccccc2)c1. The summed E-state index contributed by atoms with van der Waals surface area (Å²) in [6.45, 7) is 6.70. The van der Waals surface area contributed by atoms with Crippen molar-refractivity contribution >= 4 is 15.8 Å². The maximum absolute atomic E-state index is 14.1. The molecule has 1 atom stereocenters. The van der Waals surface area contributed by atoms with Gasteiger partial charge in [-0.05, 0) is 52.0 Å². The van der Waals surface area contributed by atoms with Gasteiger partial charge in [0.1, 0.15) is 17.3 Å². The zero-order valence-electron chi connectivity index (χ0n) is 22.7. The first-order valence-electron chi connectivity index (χ1n) is 12.3. The van der Waals surface area contributed by atoms with Crippen LogP contribution in [-0.4, -0.2) is 67.4 Å². The molecular weight excluding hydrogens is 526 g/mol. The van der Waals surface area contributed by atoms with Crippen molar-refractivity contribution in [2.45, 2.75) is 50.8 Å². The lowest BCUT2D eigenvalue weighted by Crippen LogP contribution is -2.46. The summed E-state index contributed by atoms with van der Waals surface area (Å²) in [6.07, 6.45) is -1.13. The van der Waals surface area contributed by atoms with Gasteiger partial charge in [0.2, 0.25) is 5.75 Å². The monoisotopic (exact) mass is 561 g/mol. The Morgan fingerprint density at radius 3 is 2.31 bits per heavy atom. The fourth-order valence-electron chi connectivity index (χ4n) is 3.64. The summed E-state index contributed by atoms with van der Waals surface area (Å²) in [5.74, 6) is 0.645. The van der Waals surface area contributed by atoms with Crippen molar-refractivity contribution in [3.05, 3.63) is 60.4 Å². The lowest BCUT2D eigenvalue weighted by molar-refractivity contribution is -0.00555. The zero-order chi connectivity index (χ0) is 28.6. The van der Waals surface area contributed by atoms with Gasteiger partial charge in [-0.2, -0.15) is 4.98 Å². The molecule has 0 aliphatic rings. The van der Waals surface area contributed by atoms with E-state index < -0.39 is 21.9 Å². The minimum absolute atomic E-state index is 0.0525. The number of nitrogens with zero attached hydrogens (tertiary/aromatic N) is 3. The van der Waals surface area contributed by atoms with Crippen molar-refractivity contribution < 1.29 is 37.6 Å². The summed E-state index contributed by atoms with van der Waals surface area (Å²) < 4.78 is 51.8. The largest absolute Gasteiger partial charge is 0.497 e. The number of rotatable bonds is 13. The molecule has 11 nitrogen and oxygen atoms in total. The van der Waals surface area contributed by atoms with Gasteiger partial charge >= 0.3 is 0 Å². The van der Waals surface area contributed by atoms with Crippen LogP contribution >= 0.6 is 0 Å². The van der Waals surface area contributed by atoms with E-state index >= 15 is 0 Å². The fraction of sp³-hybridized carbons (Fsp3) is 0.407. The number of benzene rings is 2. The maximum atomic E-state index is 14.1. The van der Waals surface area contributed by atoms with E-state index in [1.807, 2.05) is 0 Å². The second kappa shape index (κ2) is 13.1. The Labute approximate surface area is 229 Å². The van der Waals surface area contributed by atoms with E-state index in [0.717, 1.165) is 4.31 Å².